The van der Waals surface area contributed by atoms with Crippen molar-refractivity contribution in [1.82, 2.24) is 15.2 Å². The van der Waals surface area contributed by atoms with E-state index in [4.69, 9.17) is 0 Å². The molecule has 1 aromatic heterocycles. The topological polar surface area (TPSA) is 65.5 Å². The van der Waals surface area contributed by atoms with E-state index in [1.165, 1.54) is 0 Å². The lowest BCUT2D eigenvalue weighted by Crippen LogP contribution is -2.44. The molecule has 3 rings (SSSR count). The fourth-order valence-electron chi connectivity index (χ4n) is 3.31. The molecule has 0 fully saturated rings. The van der Waals surface area contributed by atoms with Gasteiger partial charge in [0.2, 0.25) is 11.8 Å². The average Bonchev–Trinajstić information content (AvgIpc) is 2.84. The summed E-state index contributed by atoms with van der Waals surface area (Å²) in [4.78, 5) is 33.1. The molecule has 1 aromatic carbocycles. The van der Waals surface area contributed by atoms with E-state index in [-0.39, 0.29) is 18.4 Å². The number of hydrogen-bond acceptors (Lipinski definition) is 4. The number of benzene rings is 1. The van der Waals surface area contributed by atoms with E-state index in [0.717, 1.165) is 29.8 Å². The molecule has 0 unspecified atom stereocenters. The number of carbonyl (C=O) groups excluding carboxylic acids is 2. The number of hydrogen-bond donors (Lipinski definition) is 1. The third kappa shape index (κ3) is 5.27. The number of anilines is 1. The molecule has 0 spiro atoms. The Morgan fingerprint density at radius 3 is 2.86 bits per heavy atom. The van der Waals surface area contributed by atoms with Crippen LogP contribution in [0.3, 0.4) is 0 Å². The maximum absolute atomic E-state index is 12.9. The molecule has 6 nitrogen and oxygen atoms in total. The summed E-state index contributed by atoms with van der Waals surface area (Å²) in [5.74, 6) is -0.219. The lowest BCUT2D eigenvalue weighted by molar-refractivity contribution is -0.124. The van der Waals surface area contributed by atoms with E-state index < -0.39 is 0 Å². The van der Waals surface area contributed by atoms with Gasteiger partial charge in [0.1, 0.15) is 6.54 Å². The van der Waals surface area contributed by atoms with Crippen molar-refractivity contribution < 1.29 is 9.59 Å². The molecule has 2 amide bonds. The minimum atomic E-state index is -0.161. The van der Waals surface area contributed by atoms with Gasteiger partial charge in [0.15, 0.2) is 0 Å². The Labute approximate surface area is 165 Å². The lowest BCUT2D eigenvalue weighted by Gasteiger charge is -2.22. The van der Waals surface area contributed by atoms with Crippen LogP contribution in [0.2, 0.25) is 0 Å². The Morgan fingerprint density at radius 2 is 2.07 bits per heavy atom. The van der Waals surface area contributed by atoms with Crippen LogP contribution in [0.15, 0.2) is 61.4 Å². The predicted molar refractivity (Wildman–Crippen MR) is 110 cm³/mol. The van der Waals surface area contributed by atoms with Gasteiger partial charge in [-0.2, -0.15) is 0 Å². The number of para-hydroxylation sites is 1. The first-order valence-electron chi connectivity index (χ1n) is 9.54. The summed E-state index contributed by atoms with van der Waals surface area (Å²) in [6.45, 7) is 6.06. The number of fused-ring (bicyclic) bond motifs is 1. The zero-order chi connectivity index (χ0) is 19.8. The Hall–Kier alpha value is -2.99. The van der Waals surface area contributed by atoms with Crippen LogP contribution < -0.4 is 10.2 Å². The standard InChI is InChI=1S/C22H26N4O2/c1-2-3-13-25-15-19-8-4-5-9-20(19)26(22(28)17-25)16-21(27)24-12-10-18-7-6-11-23-14-18/h2,4-9,11,14H,1,3,10,12-13,15-17H2,(H,24,27). The van der Waals surface area contributed by atoms with E-state index in [1.54, 1.807) is 17.3 Å². The Morgan fingerprint density at radius 1 is 1.21 bits per heavy atom. The summed E-state index contributed by atoms with van der Waals surface area (Å²) in [5.41, 5.74) is 2.94. The molecule has 2 aromatic rings. The molecule has 2 heterocycles. The average molecular weight is 378 g/mol. The highest BCUT2D eigenvalue weighted by Crippen LogP contribution is 2.25. The third-order valence-corrected chi connectivity index (χ3v) is 4.75. The van der Waals surface area contributed by atoms with Crippen LogP contribution in [0.1, 0.15) is 17.5 Å². The van der Waals surface area contributed by atoms with Crippen LogP contribution in [0.5, 0.6) is 0 Å². The third-order valence-electron chi connectivity index (χ3n) is 4.75. The number of nitrogens with zero attached hydrogens (tertiary/aromatic N) is 3. The van der Waals surface area contributed by atoms with Gasteiger partial charge in [0, 0.05) is 37.7 Å². The van der Waals surface area contributed by atoms with Crippen LogP contribution in [-0.2, 0) is 22.6 Å². The van der Waals surface area contributed by atoms with Gasteiger partial charge < -0.3 is 10.2 Å². The maximum atomic E-state index is 12.9. The number of amides is 2. The first kappa shape index (κ1) is 19.8. The summed E-state index contributed by atoms with van der Waals surface area (Å²) in [7, 11) is 0. The molecule has 28 heavy (non-hydrogen) atoms. The molecule has 0 radical (unpaired) electrons. The van der Waals surface area contributed by atoms with Crippen molar-refractivity contribution in [1.29, 1.82) is 0 Å². The fourth-order valence-corrected chi connectivity index (χ4v) is 3.31. The van der Waals surface area contributed by atoms with Crippen LogP contribution >= 0.6 is 0 Å². The van der Waals surface area contributed by atoms with Crippen molar-refractivity contribution in [3.05, 3.63) is 72.6 Å². The first-order valence-corrected chi connectivity index (χ1v) is 9.54. The van der Waals surface area contributed by atoms with Crippen LogP contribution in [0.4, 0.5) is 5.69 Å². The quantitative estimate of drug-likeness (QED) is 0.715. The predicted octanol–water partition coefficient (Wildman–Crippen LogP) is 2.17. The van der Waals surface area contributed by atoms with E-state index in [9.17, 15) is 9.59 Å². The highest BCUT2D eigenvalue weighted by Gasteiger charge is 2.27. The van der Waals surface area contributed by atoms with Gasteiger partial charge in [-0.15, -0.1) is 6.58 Å². The highest BCUT2D eigenvalue weighted by atomic mass is 16.2. The molecule has 1 aliphatic rings. The molecular weight excluding hydrogens is 352 g/mol. The highest BCUT2D eigenvalue weighted by molar-refractivity contribution is 6.00. The molecule has 146 valence electrons. The molecule has 0 atom stereocenters. The van der Waals surface area contributed by atoms with E-state index >= 15 is 0 Å². The van der Waals surface area contributed by atoms with Crippen LogP contribution in [0, 0.1) is 0 Å². The molecule has 1 aliphatic heterocycles. The maximum Gasteiger partial charge on any atom is 0.241 e. The normalized spacial score (nSPS) is 14.3. The van der Waals surface area contributed by atoms with Gasteiger partial charge in [-0.3, -0.25) is 19.5 Å². The van der Waals surface area contributed by atoms with Crippen LogP contribution in [0.25, 0.3) is 0 Å². The number of nitrogens with one attached hydrogen (secondary N) is 1. The van der Waals surface area contributed by atoms with Gasteiger partial charge in [0.05, 0.1) is 6.54 Å². The second-order valence-corrected chi connectivity index (χ2v) is 6.86. The molecule has 0 aliphatic carbocycles. The Balaban J connectivity index is 1.64. The van der Waals surface area contributed by atoms with Crippen molar-refractivity contribution in [2.75, 3.05) is 31.1 Å². The van der Waals surface area contributed by atoms with Crippen molar-refractivity contribution in [3.63, 3.8) is 0 Å². The molecule has 0 saturated heterocycles. The van der Waals surface area contributed by atoms with Gasteiger partial charge >= 0.3 is 0 Å². The zero-order valence-electron chi connectivity index (χ0n) is 16.0. The fraction of sp³-hybridized carbons (Fsp3) is 0.318. The van der Waals surface area contributed by atoms with Gasteiger partial charge in [-0.1, -0.05) is 30.3 Å². The lowest BCUT2D eigenvalue weighted by atomic mass is 10.1. The van der Waals surface area contributed by atoms with Crippen molar-refractivity contribution in [3.8, 4) is 0 Å². The number of aromatic nitrogens is 1. The van der Waals surface area contributed by atoms with Gasteiger partial charge in [0.25, 0.3) is 0 Å². The molecule has 6 heteroatoms. The molecule has 1 N–H and O–H groups in total. The summed E-state index contributed by atoms with van der Waals surface area (Å²) < 4.78 is 0. The van der Waals surface area contributed by atoms with E-state index in [1.807, 2.05) is 42.5 Å². The number of carbonyl (C=O) groups is 2. The number of pyridine rings is 1. The minimum Gasteiger partial charge on any atom is -0.354 e. The molecular formula is C22H26N4O2. The van der Waals surface area contributed by atoms with Gasteiger partial charge in [-0.25, -0.2) is 0 Å². The summed E-state index contributed by atoms with van der Waals surface area (Å²) in [6.07, 6.45) is 6.90. The van der Waals surface area contributed by atoms with E-state index in [2.05, 4.69) is 21.8 Å². The second-order valence-electron chi connectivity index (χ2n) is 6.86. The van der Waals surface area contributed by atoms with Crippen molar-refractivity contribution in [2.24, 2.45) is 0 Å². The largest absolute Gasteiger partial charge is 0.354 e. The van der Waals surface area contributed by atoms with Crippen molar-refractivity contribution in [2.45, 2.75) is 19.4 Å². The van der Waals surface area contributed by atoms with Gasteiger partial charge in [-0.05, 0) is 36.1 Å². The summed E-state index contributed by atoms with van der Waals surface area (Å²) in [6, 6.07) is 11.6. The summed E-state index contributed by atoms with van der Waals surface area (Å²) in [5, 5.41) is 2.91. The van der Waals surface area contributed by atoms with E-state index in [0.29, 0.717) is 26.1 Å². The van der Waals surface area contributed by atoms with Crippen molar-refractivity contribution >= 4 is 17.5 Å². The molecule has 0 saturated carbocycles. The smallest absolute Gasteiger partial charge is 0.241 e. The second kappa shape index (κ2) is 9.80. The zero-order valence-corrected chi connectivity index (χ0v) is 16.0. The Kier molecular flexibility index (Phi) is 6.92. The minimum absolute atomic E-state index is 0.0260. The Bertz CT molecular complexity index is 822. The number of rotatable bonds is 8. The molecule has 0 bridgehead atoms. The van der Waals surface area contributed by atoms with Crippen LogP contribution in [-0.4, -0.2) is 47.9 Å². The first-order chi connectivity index (χ1) is 13.7. The monoisotopic (exact) mass is 378 g/mol. The summed E-state index contributed by atoms with van der Waals surface area (Å²) >= 11 is 0. The SMILES string of the molecule is C=CCCN1CC(=O)N(CC(=O)NCCc2cccnc2)c2ccccc2C1.